The van der Waals surface area contributed by atoms with Crippen molar-refractivity contribution in [3.63, 3.8) is 0 Å². The number of hydrogen-bond acceptors (Lipinski definition) is 6. The third-order valence-electron chi connectivity index (χ3n) is 5.00. The van der Waals surface area contributed by atoms with E-state index in [-0.39, 0.29) is 17.2 Å². The molecule has 0 bridgehead atoms. The van der Waals surface area contributed by atoms with Gasteiger partial charge in [0.2, 0.25) is 0 Å². The van der Waals surface area contributed by atoms with Gasteiger partial charge in [0, 0.05) is 43.4 Å². The van der Waals surface area contributed by atoms with Crippen molar-refractivity contribution in [1.82, 2.24) is 9.88 Å². The molecule has 2 heterocycles. The summed E-state index contributed by atoms with van der Waals surface area (Å²) < 4.78 is 34.9. The van der Waals surface area contributed by atoms with Crippen LogP contribution in [0.5, 0.6) is 5.75 Å². The van der Waals surface area contributed by atoms with E-state index >= 15 is 0 Å². The minimum atomic E-state index is -3.33. The van der Waals surface area contributed by atoms with Crippen LogP contribution in [0.4, 0.5) is 4.79 Å². The molecule has 3 rings (SSSR count). The highest BCUT2D eigenvalue weighted by Gasteiger charge is 2.27. The highest BCUT2D eigenvalue weighted by atomic mass is 32.2. The fourth-order valence-corrected chi connectivity index (χ4v) is 4.06. The van der Waals surface area contributed by atoms with Crippen LogP contribution in [0.3, 0.4) is 0 Å². The largest absolute Gasteiger partial charge is 0.490 e. The Morgan fingerprint density at radius 3 is 2.19 bits per heavy atom. The molecule has 1 aromatic heterocycles. The van der Waals surface area contributed by atoms with Crippen LogP contribution in [0, 0.1) is 6.92 Å². The van der Waals surface area contributed by atoms with E-state index in [0.29, 0.717) is 18.8 Å². The topological polar surface area (TPSA) is 85.8 Å². The Balaban J connectivity index is 1.59. The van der Waals surface area contributed by atoms with Crippen LogP contribution in [-0.4, -0.2) is 55.4 Å². The van der Waals surface area contributed by atoms with Crippen LogP contribution < -0.4 is 4.74 Å². The van der Waals surface area contributed by atoms with Gasteiger partial charge >= 0.3 is 6.09 Å². The molecule has 1 aliphatic rings. The van der Waals surface area contributed by atoms with E-state index < -0.39 is 15.4 Å². The van der Waals surface area contributed by atoms with E-state index in [9.17, 15) is 13.2 Å². The predicted octanol–water partition coefficient (Wildman–Crippen LogP) is 4.24. The highest BCUT2D eigenvalue weighted by molar-refractivity contribution is 7.90. The summed E-state index contributed by atoms with van der Waals surface area (Å²) in [4.78, 5) is 18.1. The summed E-state index contributed by atoms with van der Waals surface area (Å²) in [6, 6.07) is 11.0. The molecule has 0 unspecified atom stereocenters. The number of amides is 1. The van der Waals surface area contributed by atoms with E-state index in [4.69, 9.17) is 9.47 Å². The predicted molar refractivity (Wildman–Crippen MR) is 119 cm³/mol. The summed E-state index contributed by atoms with van der Waals surface area (Å²) >= 11 is 0. The number of carbonyl (C=O) groups is 1. The number of likely N-dealkylation sites (tertiary alicyclic amines) is 1. The molecule has 0 N–H and O–H groups in total. The Labute approximate surface area is 184 Å². The number of carbonyl (C=O) groups excluding carboxylic acids is 1. The van der Waals surface area contributed by atoms with Gasteiger partial charge in [-0.25, -0.2) is 18.2 Å². The molecule has 1 aliphatic heterocycles. The molecular formula is C23H30N2O5S. The van der Waals surface area contributed by atoms with E-state index in [0.717, 1.165) is 36.0 Å². The molecule has 2 aromatic rings. The molecule has 1 amide bonds. The SMILES string of the molecule is Cc1nc(S(C)(=O)=O)ccc1-c1ccc(OC2CCN(C(=O)OC(C)(C)C)CC2)cc1. The molecular weight excluding hydrogens is 416 g/mol. The summed E-state index contributed by atoms with van der Waals surface area (Å²) in [6.45, 7) is 8.60. The van der Waals surface area contributed by atoms with Crippen molar-refractivity contribution in [1.29, 1.82) is 0 Å². The number of nitrogens with zero attached hydrogens (tertiary/aromatic N) is 2. The first-order valence-electron chi connectivity index (χ1n) is 10.3. The number of pyridine rings is 1. The number of piperidine rings is 1. The van der Waals surface area contributed by atoms with Gasteiger partial charge in [0.1, 0.15) is 17.5 Å². The smallest absolute Gasteiger partial charge is 0.410 e. The van der Waals surface area contributed by atoms with Crippen molar-refractivity contribution >= 4 is 15.9 Å². The molecule has 0 saturated carbocycles. The number of rotatable bonds is 4. The Morgan fingerprint density at radius 1 is 1.06 bits per heavy atom. The molecule has 0 aliphatic carbocycles. The van der Waals surface area contributed by atoms with E-state index in [1.54, 1.807) is 17.9 Å². The van der Waals surface area contributed by atoms with Crippen LogP contribution >= 0.6 is 0 Å². The number of sulfone groups is 1. The molecule has 7 nitrogen and oxygen atoms in total. The minimum absolute atomic E-state index is 0.0435. The van der Waals surface area contributed by atoms with Gasteiger partial charge in [-0.1, -0.05) is 12.1 Å². The normalized spacial score (nSPS) is 15.6. The first-order valence-corrected chi connectivity index (χ1v) is 12.2. The fraction of sp³-hybridized carbons (Fsp3) is 0.478. The van der Waals surface area contributed by atoms with E-state index in [1.165, 1.54) is 6.07 Å². The molecule has 1 aromatic carbocycles. The van der Waals surface area contributed by atoms with Crippen molar-refractivity contribution in [2.45, 2.75) is 57.3 Å². The average Bonchev–Trinajstić information content (AvgIpc) is 2.67. The van der Waals surface area contributed by atoms with Crippen molar-refractivity contribution < 1.29 is 22.7 Å². The first-order chi connectivity index (χ1) is 14.4. The molecule has 1 saturated heterocycles. The van der Waals surface area contributed by atoms with Gasteiger partial charge in [-0.15, -0.1) is 0 Å². The molecule has 1 fully saturated rings. The molecule has 168 valence electrons. The van der Waals surface area contributed by atoms with Crippen molar-refractivity contribution in [3.8, 4) is 16.9 Å². The van der Waals surface area contributed by atoms with E-state index in [2.05, 4.69) is 4.98 Å². The second kappa shape index (κ2) is 8.86. The van der Waals surface area contributed by atoms with Crippen LogP contribution in [0.2, 0.25) is 0 Å². The number of aromatic nitrogens is 1. The number of hydrogen-bond donors (Lipinski definition) is 0. The molecule has 0 spiro atoms. The second-order valence-electron chi connectivity index (χ2n) is 8.86. The van der Waals surface area contributed by atoms with Gasteiger partial charge in [-0.2, -0.15) is 0 Å². The van der Waals surface area contributed by atoms with Gasteiger partial charge in [-0.3, -0.25) is 0 Å². The van der Waals surface area contributed by atoms with Crippen LogP contribution in [0.25, 0.3) is 11.1 Å². The Kier molecular flexibility index (Phi) is 6.59. The summed E-state index contributed by atoms with van der Waals surface area (Å²) in [5.41, 5.74) is 1.98. The number of benzene rings is 1. The lowest BCUT2D eigenvalue weighted by Crippen LogP contribution is -2.44. The second-order valence-corrected chi connectivity index (χ2v) is 10.8. The fourth-order valence-electron chi connectivity index (χ4n) is 3.44. The summed E-state index contributed by atoms with van der Waals surface area (Å²) in [6.07, 6.45) is 2.41. The van der Waals surface area contributed by atoms with Crippen molar-refractivity contribution in [2.75, 3.05) is 19.3 Å². The van der Waals surface area contributed by atoms with Crippen molar-refractivity contribution in [3.05, 3.63) is 42.1 Å². The van der Waals surface area contributed by atoms with Gasteiger partial charge in [0.25, 0.3) is 0 Å². The summed E-state index contributed by atoms with van der Waals surface area (Å²) in [7, 11) is -3.33. The van der Waals surface area contributed by atoms with Crippen LogP contribution in [0.1, 0.15) is 39.3 Å². The van der Waals surface area contributed by atoms with Crippen LogP contribution in [0.15, 0.2) is 41.4 Å². The maximum Gasteiger partial charge on any atom is 0.410 e. The van der Waals surface area contributed by atoms with Crippen LogP contribution in [-0.2, 0) is 14.6 Å². The minimum Gasteiger partial charge on any atom is -0.490 e. The standard InChI is InChI=1S/C23H30N2O5S/c1-16-20(10-11-21(24-16)31(5,27)28)17-6-8-18(9-7-17)29-19-12-14-25(15-13-19)22(26)30-23(2,3)4/h6-11,19H,12-15H2,1-5H3. The lowest BCUT2D eigenvalue weighted by atomic mass is 10.0. The highest BCUT2D eigenvalue weighted by Crippen LogP contribution is 2.27. The monoisotopic (exact) mass is 446 g/mol. The zero-order valence-electron chi connectivity index (χ0n) is 18.7. The molecule has 0 radical (unpaired) electrons. The van der Waals surface area contributed by atoms with Gasteiger partial charge in [0.15, 0.2) is 14.9 Å². The van der Waals surface area contributed by atoms with Gasteiger partial charge in [-0.05, 0) is 57.5 Å². The van der Waals surface area contributed by atoms with Gasteiger partial charge in [0.05, 0.1) is 0 Å². The third-order valence-corrected chi connectivity index (χ3v) is 5.99. The van der Waals surface area contributed by atoms with E-state index in [1.807, 2.05) is 45.0 Å². The number of aryl methyl sites for hydroxylation is 1. The lowest BCUT2D eigenvalue weighted by molar-refractivity contribution is 0.0126. The maximum atomic E-state index is 12.2. The zero-order chi connectivity index (χ0) is 22.8. The Hall–Kier alpha value is -2.61. The average molecular weight is 447 g/mol. The molecule has 0 atom stereocenters. The Morgan fingerprint density at radius 2 is 1.68 bits per heavy atom. The quantitative estimate of drug-likeness (QED) is 0.698. The third kappa shape index (κ3) is 6.19. The maximum absolute atomic E-state index is 12.2. The summed E-state index contributed by atoms with van der Waals surface area (Å²) in [5.74, 6) is 0.762. The Bertz CT molecular complexity index is 1030. The van der Waals surface area contributed by atoms with Gasteiger partial charge < -0.3 is 14.4 Å². The summed E-state index contributed by atoms with van der Waals surface area (Å²) in [5, 5.41) is 0.0754. The lowest BCUT2D eigenvalue weighted by Gasteiger charge is -2.33. The number of ether oxygens (including phenoxy) is 2. The first kappa shape index (κ1) is 23.1. The zero-order valence-corrected chi connectivity index (χ0v) is 19.5. The molecule has 31 heavy (non-hydrogen) atoms. The van der Waals surface area contributed by atoms with Crippen molar-refractivity contribution in [2.24, 2.45) is 0 Å². The molecule has 8 heteroatoms.